The summed E-state index contributed by atoms with van der Waals surface area (Å²) in [5, 5.41) is 1.16. The number of carbonyl (C=O) groups is 1. The molecule has 0 N–H and O–H groups in total. The second-order valence-corrected chi connectivity index (χ2v) is 11.0. The number of thiophene rings is 1. The number of alkyl halides is 2. The third-order valence-corrected chi connectivity index (χ3v) is 7.73. The van der Waals surface area contributed by atoms with Gasteiger partial charge in [-0.3, -0.25) is 0 Å². The molecule has 0 amide bonds. The van der Waals surface area contributed by atoms with Gasteiger partial charge in [-0.05, 0) is 85.4 Å². The molecular weight excluding hydrogens is 502 g/mol. The molecule has 6 heteroatoms. The van der Waals surface area contributed by atoms with E-state index in [0.717, 1.165) is 22.9 Å². The number of ether oxygens (including phenoxy) is 2. The van der Waals surface area contributed by atoms with E-state index in [4.69, 9.17) is 9.47 Å². The Kier molecular flexibility index (Phi) is 11.3. The van der Waals surface area contributed by atoms with Gasteiger partial charge in [-0.1, -0.05) is 51.5 Å². The summed E-state index contributed by atoms with van der Waals surface area (Å²) in [4.78, 5) is 12.6. The van der Waals surface area contributed by atoms with Gasteiger partial charge in [-0.25, -0.2) is 13.6 Å². The van der Waals surface area contributed by atoms with Gasteiger partial charge in [0.1, 0.15) is 5.75 Å². The lowest BCUT2D eigenvalue weighted by atomic mass is 9.98. The number of benzene rings is 2. The molecule has 0 bridgehead atoms. The molecule has 1 aromatic heterocycles. The molecule has 3 aromatic rings. The van der Waals surface area contributed by atoms with Crippen LogP contribution in [0.4, 0.5) is 8.78 Å². The predicted molar refractivity (Wildman–Crippen MR) is 155 cm³/mol. The molecule has 1 heterocycles. The van der Waals surface area contributed by atoms with E-state index in [1.54, 1.807) is 11.3 Å². The quantitative estimate of drug-likeness (QED) is 0.103. The third-order valence-electron chi connectivity index (χ3n) is 6.60. The standard InChI is InChI=1S/C32H40F2O3S/c1-5-7-8-11-24-12-15-28(25(6-2)20-24)30-21-26-13-14-27(22-29(26)38-30)36-18-9-16-32(33,34)17-10-19-37-31(35)23(3)4/h12-15,20-22H,3,5-11,16-19H2,1-2,4H3. The summed E-state index contributed by atoms with van der Waals surface area (Å²) in [6.45, 7) is 9.64. The van der Waals surface area contributed by atoms with Crippen molar-refractivity contribution in [2.24, 2.45) is 0 Å². The fourth-order valence-electron chi connectivity index (χ4n) is 4.41. The third kappa shape index (κ3) is 8.93. The Hall–Kier alpha value is -2.73. The minimum Gasteiger partial charge on any atom is -0.494 e. The van der Waals surface area contributed by atoms with Crippen LogP contribution in [0.15, 0.2) is 54.6 Å². The number of hydrogen-bond acceptors (Lipinski definition) is 4. The molecule has 3 nitrogen and oxygen atoms in total. The first-order valence-corrected chi connectivity index (χ1v) is 14.5. The van der Waals surface area contributed by atoms with E-state index in [-0.39, 0.29) is 44.5 Å². The van der Waals surface area contributed by atoms with Gasteiger partial charge < -0.3 is 9.47 Å². The second kappa shape index (κ2) is 14.4. The Morgan fingerprint density at radius 1 is 0.974 bits per heavy atom. The van der Waals surface area contributed by atoms with Crippen molar-refractivity contribution in [1.29, 1.82) is 0 Å². The number of carbonyl (C=O) groups excluding carboxylic acids is 1. The van der Waals surface area contributed by atoms with Crippen LogP contribution in [0.3, 0.4) is 0 Å². The van der Waals surface area contributed by atoms with Gasteiger partial charge in [-0.2, -0.15) is 0 Å². The maximum absolute atomic E-state index is 14.2. The van der Waals surface area contributed by atoms with Crippen molar-refractivity contribution < 1.29 is 23.0 Å². The van der Waals surface area contributed by atoms with E-state index >= 15 is 0 Å². The van der Waals surface area contributed by atoms with Crippen LogP contribution in [-0.4, -0.2) is 25.1 Å². The Morgan fingerprint density at radius 3 is 2.45 bits per heavy atom. The monoisotopic (exact) mass is 542 g/mol. The van der Waals surface area contributed by atoms with E-state index in [1.807, 2.05) is 18.2 Å². The van der Waals surface area contributed by atoms with Crippen molar-refractivity contribution in [2.75, 3.05) is 13.2 Å². The fourth-order valence-corrected chi connectivity index (χ4v) is 5.57. The first-order chi connectivity index (χ1) is 18.2. The van der Waals surface area contributed by atoms with Crippen LogP contribution >= 0.6 is 11.3 Å². The zero-order valence-electron chi connectivity index (χ0n) is 22.9. The first kappa shape index (κ1) is 29.8. The van der Waals surface area contributed by atoms with Gasteiger partial charge >= 0.3 is 5.97 Å². The SMILES string of the molecule is C=C(C)C(=O)OCCCC(F)(F)CCCOc1ccc2cc(-c3ccc(CCCCC)cc3CC)sc2c1. The molecule has 0 unspecified atom stereocenters. The van der Waals surface area contributed by atoms with E-state index in [0.29, 0.717) is 5.75 Å². The second-order valence-electron chi connectivity index (χ2n) is 9.94. The topological polar surface area (TPSA) is 35.5 Å². The maximum atomic E-state index is 14.2. The van der Waals surface area contributed by atoms with E-state index in [2.05, 4.69) is 44.7 Å². The number of rotatable bonds is 16. The van der Waals surface area contributed by atoms with Crippen LogP contribution in [0.2, 0.25) is 0 Å². The highest BCUT2D eigenvalue weighted by Crippen LogP contribution is 2.37. The maximum Gasteiger partial charge on any atom is 0.333 e. The van der Waals surface area contributed by atoms with Crippen LogP contribution in [0, 0.1) is 0 Å². The molecule has 0 aliphatic carbocycles. The predicted octanol–water partition coefficient (Wildman–Crippen LogP) is 9.56. The molecule has 206 valence electrons. The lowest BCUT2D eigenvalue weighted by Crippen LogP contribution is -2.18. The average molecular weight is 543 g/mol. The Bertz CT molecular complexity index is 1210. The molecule has 0 aliphatic rings. The number of halogens is 2. The number of hydrogen-bond donors (Lipinski definition) is 0. The van der Waals surface area contributed by atoms with Crippen LogP contribution in [0.25, 0.3) is 20.5 Å². The Morgan fingerprint density at radius 2 is 1.74 bits per heavy atom. The van der Waals surface area contributed by atoms with Gasteiger partial charge in [0.2, 0.25) is 5.92 Å². The fraction of sp³-hybridized carbons (Fsp3) is 0.469. The summed E-state index contributed by atoms with van der Waals surface area (Å²) in [6, 6.07) is 15.0. The van der Waals surface area contributed by atoms with E-state index < -0.39 is 11.9 Å². The summed E-state index contributed by atoms with van der Waals surface area (Å²) in [7, 11) is 0. The zero-order valence-corrected chi connectivity index (χ0v) is 23.7. The van der Waals surface area contributed by atoms with Gasteiger partial charge in [0.25, 0.3) is 0 Å². The minimum atomic E-state index is -2.81. The van der Waals surface area contributed by atoms with Crippen LogP contribution in [0.5, 0.6) is 5.75 Å². The summed E-state index contributed by atoms with van der Waals surface area (Å²) < 4.78 is 40.1. The average Bonchev–Trinajstić information content (AvgIpc) is 3.32. The molecule has 0 saturated heterocycles. The van der Waals surface area contributed by atoms with Gasteiger partial charge in [0, 0.05) is 28.0 Å². The first-order valence-electron chi connectivity index (χ1n) is 13.7. The molecular formula is C32H40F2O3S. The highest BCUT2D eigenvalue weighted by Gasteiger charge is 2.27. The van der Waals surface area contributed by atoms with E-state index in [1.165, 1.54) is 47.8 Å². The number of unbranched alkanes of at least 4 members (excludes halogenated alkanes) is 2. The molecule has 3 rings (SSSR count). The van der Waals surface area contributed by atoms with E-state index in [9.17, 15) is 13.6 Å². The zero-order chi connectivity index (χ0) is 27.5. The summed E-state index contributed by atoms with van der Waals surface area (Å²) in [5.41, 5.74) is 4.33. The van der Waals surface area contributed by atoms with Crippen LogP contribution in [0.1, 0.15) is 76.8 Å². The smallest absolute Gasteiger partial charge is 0.333 e. The minimum absolute atomic E-state index is 0.0244. The molecule has 0 aliphatic heterocycles. The molecule has 38 heavy (non-hydrogen) atoms. The molecule has 0 radical (unpaired) electrons. The highest BCUT2D eigenvalue weighted by molar-refractivity contribution is 7.22. The summed E-state index contributed by atoms with van der Waals surface area (Å²) in [5.74, 6) is -2.66. The molecule has 0 fully saturated rings. The highest BCUT2D eigenvalue weighted by atomic mass is 32.1. The van der Waals surface area contributed by atoms with Crippen LogP contribution in [-0.2, 0) is 22.4 Å². The Labute approximate surface area is 229 Å². The van der Waals surface area contributed by atoms with Crippen molar-refractivity contribution >= 4 is 27.4 Å². The molecule has 2 aromatic carbocycles. The van der Waals surface area contributed by atoms with Crippen molar-refractivity contribution in [2.45, 2.75) is 84.5 Å². The summed E-state index contributed by atoms with van der Waals surface area (Å²) in [6.07, 6.45) is 5.63. The van der Waals surface area contributed by atoms with Crippen LogP contribution < -0.4 is 4.74 Å². The van der Waals surface area contributed by atoms with Gasteiger partial charge in [0.15, 0.2) is 0 Å². The lowest BCUT2D eigenvalue weighted by molar-refractivity contribution is -0.139. The number of fused-ring (bicyclic) bond motifs is 1. The Balaban J connectivity index is 1.52. The number of aryl methyl sites for hydroxylation is 2. The van der Waals surface area contributed by atoms with Crippen molar-refractivity contribution in [3.05, 3.63) is 65.7 Å². The van der Waals surface area contributed by atoms with Gasteiger partial charge in [-0.15, -0.1) is 11.3 Å². The molecule has 0 spiro atoms. The van der Waals surface area contributed by atoms with Crippen molar-refractivity contribution in [3.63, 3.8) is 0 Å². The normalized spacial score (nSPS) is 11.6. The molecule has 0 atom stereocenters. The van der Waals surface area contributed by atoms with Crippen molar-refractivity contribution in [1.82, 2.24) is 0 Å². The largest absolute Gasteiger partial charge is 0.494 e. The van der Waals surface area contributed by atoms with Gasteiger partial charge in [0.05, 0.1) is 13.2 Å². The van der Waals surface area contributed by atoms with Crippen molar-refractivity contribution in [3.8, 4) is 16.2 Å². The number of esters is 1. The lowest BCUT2D eigenvalue weighted by Gasteiger charge is -2.16. The molecule has 0 saturated carbocycles. The summed E-state index contributed by atoms with van der Waals surface area (Å²) >= 11 is 1.74.